The number of benzene rings is 2. The largest absolute Gasteiger partial charge is 0.458 e. The first-order chi connectivity index (χ1) is 15.8. The van der Waals surface area contributed by atoms with Crippen LogP contribution in [0.5, 0.6) is 0 Å². The number of rotatable bonds is 5. The molecule has 8 heteroatoms. The first-order valence-corrected chi connectivity index (χ1v) is 10.5. The molecule has 0 radical (unpaired) electrons. The van der Waals surface area contributed by atoms with Gasteiger partial charge in [0.05, 0.1) is 22.3 Å². The summed E-state index contributed by atoms with van der Waals surface area (Å²) in [5.41, 5.74) is 0.655. The van der Waals surface area contributed by atoms with Crippen LogP contribution in [-0.4, -0.2) is 23.3 Å². The van der Waals surface area contributed by atoms with Crippen LogP contribution in [0, 0.1) is 0 Å². The van der Waals surface area contributed by atoms with Crippen LogP contribution in [0.2, 0.25) is 0 Å². The highest BCUT2D eigenvalue weighted by Gasteiger charge is 2.33. The van der Waals surface area contributed by atoms with Crippen molar-refractivity contribution in [1.82, 2.24) is 4.98 Å². The number of carbonyl (C=O) groups is 2. The smallest absolute Gasteiger partial charge is 0.418 e. The van der Waals surface area contributed by atoms with Gasteiger partial charge in [0.25, 0.3) is 0 Å². The molecule has 2 aromatic carbocycles. The summed E-state index contributed by atoms with van der Waals surface area (Å²) in [4.78, 5) is 28.5. The van der Waals surface area contributed by atoms with Gasteiger partial charge in [-0.05, 0) is 55.2 Å². The summed E-state index contributed by atoms with van der Waals surface area (Å²) in [5.74, 6) is -0.519. The molecule has 0 amide bonds. The number of ketones is 1. The van der Waals surface area contributed by atoms with Crippen molar-refractivity contribution in [3.05, 3.63) is 77.5 Å². The van der Waals surface area contributed by atoms with Gasteiger partial charge < -0.3 is 10.1 Å². The van der Waals surface area contributed by atoms with Gasteiger partial charge in [0, 0.05) is 23.7 Å². The van der Waals surface area contributed by atoms with Gasteiger partial charge in [-0.3, -0.25) is 9.78 Å². The fourth-order valence-electron chi connectivity index (χ4n) is 3.84. The van der Waals surface area contributed by atoms with E-state index in [0.717, 1.165) is 18.9 Å². The van der Waals surface area contributed by atoms with Crippen molar-refractivity contribution in [2.24, 2.45) is 0 Å². The molecule has 0 saturated heterocycles. The Morgan fingerprint density at radius 2 is 1.82 bits per heavy atom. The van der Waals surface area contributed by atoms with Crippen LogP contribution in [0.15, 0.2) is 66.4 Å². The number of alkyl halides is 3. The highest BCUT2D eigenvalue weighted by molar-refractivity contribution is 6.00. The zero-order valence-corrected chi connectivity index (χ0v) is 17.6. The van der Waals surface area contributed by atoms with Gasteiger partial charge in [-0.1, -0.05) is 24.3 Å². The van der Waals surface area contributed by atoms with Gasteiger partial charge in [0.2, 0.25) is 0 Å². The van der Waals surface area contributed by atoms with Gasteiger partial charge in [0.15, 0.2) is 5.78 Å². The molecule has 170 valence electrons. The number of aromatic nitrogens is 1. The molecule has 1 saturated carbocycles. The predicted molar refractivity (Wildman–Crippen MR) is 118 cm³/mol. The van der Waals surface area contributed by atoms with Crippen LogP contribution < -0.4 is 5.32 Å². The lowest BCUT2D eigenvalue weighted by Crippen LogP contribution is -2.12. The summed E-state index contributed by atoms with van der Waals surface area (Å²) in [6.45, 7) is -0.0264. The maximum atomic E-state index is 13.4. The van der Waals surface area contributed by atoms with Gasteiger partial charge in [-0.15, -0.1) is 0 Å². The van der Waals surface area contributed by atoms with Crippen molar-refractivity contribution in [2.45, 2.75) is 31.9 Å². The number of esters is 1. The number of carbonyl (C=O) groups excluding carboxylic acids is 2. The maximum absolute atomic E-state index is 13.4. The monoisotopic (exact) mass is 454 g/mol. The Balaban J connectivity index is 1.57. The molecule has 1 N–H and O–H groups in total. The summed E-state index contributed by atoms with van der Waals surface area (Å²) in [6.07, 6.45) is 1.41. The minimum absolute atomic E-state index is 0.0264. The fraction of sp³-hybridized carbons (Fsp3) is 0.240. The third kappa shape index (κ3) is 5.05. The van der Waals surface area contributed by atoms with Crippen LogP contribution >= 0.6 is 0 Å². The van der Waals surface area contributed by atoms with Gasteiger partial charge in [-0.2, -0.15) is 13.2 Å². The highest BCUT2D eigenvalue weighted by Crippen LogP contribution is 2.36. The molecule has 0 spiro atoms. The second-order valence-electron chi connectivity index (χ2n) is 7.69. The molecule has 5 nitrogen and oxygen atoms in total. The van der Waals surface area contributed by atoms with E-state index in [4.69, 9.17) is 4.74 Å². The lowest BCUT2D eigenvalue weighted by molar-refractivity contribution is -0.136. The van der Waals surface area contributed by atoms with Crippen molar-refractivity contribution < 1.29 is 27.5 Å². The van der Waals surface area contributed by atoms with Crippen LogP contribution in [-0.2, 0) is 15.7 Å². The first-order valence-electron chi connectivity index (χ1n) is 10.5. The van der Waals surface area contributed by atoms with E-state index >= 15 is 0 Å². The number of fused-ring (bicyclic) bond motifs is 1. The van der Waals surface area contributed by atoms with E-state index in [0.29, 0.717) is 29.8 Å². The lowest BCUT2D eigenvalue weighted by Gasteiger charge is -2.15. The average molecular weight is 454 g/mol. The number of Topliss-reactive ketones (excluding diaryl/α,β-unsaturated/α-hetero) is 1. The topological polar surface area (TPSA) is 68.3 Å². The van der Waals surface area contributed by atoms with Crippen molar-refractivity contribution in [3.63, 3.8) is 0 Å². The SMILES string of the molecule is O=C1CCCC/C1=C/COC(=O)c1ccccc1Nc1ccnc2c(C(F)(F)F)cccc12. The number of pyridine rings is 1. The van der Waals surface area contributed by atoms with E-state index in [9.17, 15) is 22.8 Å². The molecule has 0 aliphatic heterocycles. The normalized spacial score (nSPS) is 15.6. The Hall–Kier alpha value is -3.68. The standard InChI is InChI=1S/C25H21F3N2O3/c26-25(27,28)19-9-5-8-17-21(12-14-29-23(17)19)30-20-10-3-2-7-18(20)24(32)33-15-13-16-6-1-4-11-22(16)31/h2-3,5,7-10,12-14H,1,4,6,11,15H2,(H,29,30)/b16-13-. The second kappa shape index (κ2) is 9.44. The van der Waals surface area contributed by atoms with E-state index in [1.807, 2.05) is 0 Å². The third-order valence-electron chi connectivity index (χ3n) is 5.50. The summed E-state index contributed by atoms with van der Waals surface area (Å²) in [7, 11) is 0. The van der Waals surface area contributed by atoms with Crippen LogP contribution in [0.1, 0.15) is 41.6 Å². The Bertz CT molecular complexity index is 1240. The zero-order chi connectivity index (χ0) is 23.4. The summed E-state index contributed by atoms with van der Waals surface area (Å²) in [6, 6.07) is 11.9. The predicted octanol–water partition coefficient (Wildman–Crippen LogP) is 6.22. The lowest BCUT2D eigenvalue weighted by atomic mass is 9.93. The number of nitrogens with zero attached hydrogens (tertiary/aromatic N) is 1. The van der Waals surface area contributed by atoms with E-state index in [-0.39, 0.29) is 28.9 Å². The Kier molecular flexibility index (Phi) is 6.44. The third-order valence-corrected chi connectivity index (χ3v) is 5.50. The second-order valence-corrected chi connectivity index (χ2v) is 7.69. The minimum atomic E-state index is -4.54. The van der Waals surface area contributed by atoms with E-state index in [1.54, 1.807) is 36.4 Å². The van der Waals surface area contributed by atoms with Crippen molar-refractivity contribution >= 4 is 34.0 Å². The molecular formula is C25H21F3N2O3. The van der Waals surface area contributed by atoms with E-state index in [2.05, 4.69) is 10.3 Å². The zero-order valence-electron chi connectivity index (χ0n) is 17.6. The molecule has 1 fully saturated rings. The molecule has 1 aromatic heterocycles. The molecule has 1 aliphatic rings. The minimum Gasteiger partial charge on any atom is -0.458 e. The van der Waals surface area contributed by atoms with Crippen LogP contribution in [0.3, 0.4) is 0 Å². The van der Waals surface area contributed by atoms with E-state index < -0.39 is 17.7 Å². The van der Waals surface area contributed by atoms with Gasteiger partial charge >= 0.3 is 12.1 Å². The fourth-order valence-corrected chi connectivity index (χ4v) is 3.84. The van der Waals surface area contributed by atoms with Crippen molar-refractivity contribution in [2.75, 3.05) is 11.9 Å². The number of hydrogen-bond acceptors (Lipinski definition) is 5. The Labute approximate surface area is 188 Å². The Morgan fingerprint density at radius 3 is 2.61 bits per heavy atom. The van der Waals surface area contributed by atoms with Crippen molar-refractivity contribution in [3.8, 4) is 0 Å². The maximum Gasteiger partial charge on any atom is 0.418 e. The number of allylic oxidation sites excluding steroid dienone is 1. The quantitative estimate of drug-likeness (QED) is 0.366. The number of para-hydroxylation sites is 2. The number of anilines is 2. The van der Waals surface area contributed by atoms with Crippen LogP contribution in [0.25, 0.3) is 10.9 Å². The van der Waals surface area contributed by atoms with Crippen LogP contribution in [0.4, 0.5) is 24.5 Å². The average Bonchev–Trinajstić information content (AvgIpc) is 2.80. The Morgan fingerprint density at radius 1 is 1.03 bits per heavy atom. The molecule has 1 aliphatic carbocycles. The number of nitrogens with one attached hydrogen (secondary N) is 1. The number of hydrogen-bond donors (Lipinski definition) is 1. The van der Waals surface area contributed by atoms with Crippen molar-refractivity contribution in [1.29, 1.82) is 0 Å². The molecule has 0 atom stereocenters. The summed E-state index contributed by atoms with van der Waals surface area (Å²) < 4.78 is 45.5. The number of halogens is 3. The molecule has 33 heavy (non-hydrogen) atoms. The number of ether oxygens (including phenoxy) is 1. The molecule has 0 bridgehead atoms. The molecule has 4 rings (SSSR count). The van der Waals surface area contributed by atoms with E-state index in [1.165, 1.54) is 18.3 Å². The first kappa shape index (κ1) is 22.5. The van der Waals surface area contributed by atoms with Gasteiger partial charge in [-0.25, -0.2) is 4.79 Å². The molecule has 1 heterocycles. The summed E-state index contributed by atoms with van der Waals surface area (Å²) >= 11 is 0. The highest BCUT2D eigenvalue weighted by atomic mass is 19.4. The summed E-state index contributed by atoms with van der Waals surface area (Å²) in [5, 5.41) is 3.32. The van der Waals surface area contributed by atoms with Gasteiger partial charge in [0.1, 0.15) is 6.61 Å². The molecule has 0 unspecified atom stereocenters. The molecular weight excluding hydrogens is 433 g/mol. The molecule has 3 aromatic rings.